The lowest BCUT2D eigenvalue weighted by molar-refractivity contribution is 0.591. The van der Waals surface area contributed by atoms with Gasteiger partial charge in [0, 0.05) is 11.3 Å². The van der Waals surface area contributed by atoms with Gasteiger partial charge in [0.1, 0.15) is 5.82 Å². The molecule has 0 bridgehead atoms. The Balaban J connectivity index is 2.15. The third-order valence-electron chi connectivity index (χ3n) is 2.63. The lowest BCUT2D eigenvalue weighted by atomic mass is 10.2. The topological polar surface area (TPSA) is 46.2 Å². The molecule has 0 amide bonds. The Morgan fingerprint density at radius 1 is 1.05 bits per heavy atom. The fourth-order valence-electron chi connectivity index (χ4n) is 1.66. The fourth-order valence-corrected chi connectivity index (χ4v) is 2.87. The van der Waals surface area contributed by atoms with E-state index in [9.17, 15) is 12.8 Å². The number of nitrogens with one attached hydrogen (secondary N) is 1. The maximum absolute atomic E-state index is 13.4. The van der Waals surface area contributed by atoms with Gasteiger partial charge in [0.2, 0.25) is 10.0 Å². The number of aryl methyl sites for hydroxylation is 1. The van der Waals surface area contributed by atoms with Crippen LogP contribution in [-0.4, -0.2) is 8.42 Å². The summed E-state index contributed by atoms with van der Waals surface area (Å²) in [6.07, 6.45) is 0. The van der Waals surface area contributed by atoms with Crippen molar-refractivity contribution in [2.24, 2.45) is 0 Å². The van der Waals surface area contributed by atoms with E-state index < -0.39 is 15.8 Å². The Labute approximate surface area is 112 Å². The van der Waals surface area contributed by atoms with Gasteiger partial charge in [-0.15, -0.1) is 0 Å². The maximum Gasteiger partial charge on any atom is 0.237 e. The fraction of sp³-hybridized carbons (Fsp3) is 0.143. The Kier molecular flexibility index (Phi) is 3.85. The lowest BCUT2D eigenvalue weighted by Crippen LogP contribution is -2.15. The molecule has 19 heavy (non-hydrogen) atoms. The molecule has 0 atom stereocenters. The summed E-state index contributed by atoms with van der Waals surface area (Å²) in [6, 6.07) is 12.8. The number of halogens is 1. The van der Waals surface area contributed by atoms with Gasteiger partial charge in [-0.3, -0.25) is 4.72 Å². The van der Waals surface area contributed by atoms with Crippen LogP contribution in [0.15, 0.2) is 48.5 Å². The van der Waals surface area contributed by atoms with E-state index in [1.165, 1.54) is 18.2 Å². The van der Waals surface area contributed by atoms with E-state index in [0.717, 1.165) is 5.56 Å². The number of anilines is 1. The number of hydrogen-bond acceptors (Lipinski definition) is 2. The van der Waals surface area contributed by atoms with Crippen LogP contribution in [0, 0.1) is 12.7 Å². The Morgan fingerprint density at radius 3 is 2.32 bits per heavy atom. The first-order valence-electron chi connectivity index (χ1n) is 5.77. The van der Waals surface area contributed by atoms with E-state index >= 15 is 0 Å². The molecule has 0 saturated heterocycles. The van der Waals surface area contributed by atoms with Gasteiger partial charge in [0.25, 0.3) is 0 Å². The normalized spacial score (nSPS) is 11.3. The van der Waals surface area contributed by atoms with Crippen LogP contribution in [-0.2, 0) is 15.8 Å². The highest BCUT2D eigenvalue weighted by Gasteiger charge is 2.14. The van der Waals surface area contributed by atoms with Gasteiger partial charge < -0.3 is 0 Å². The Bertz CT molecular complexity index is 666. The van der Waals surface area contributed by atoms with Crippen LogP contribution >= 0.6 is 0 Å². The molecule has 0 aliphatic rings. The van der Waals surface area contributed by atoms with Gasteiger partial charge >= 0.3 is 0 Å². The van der Waals surface area contributed by atoms with Gasteiger partial charge in [-0.05, 0) is 25.1 Å². The van der Waals surface area contributed by atoms with E-state index in [1.807, 2.05) is 6.92 Å². The summed E-state index contributed by atoms with van der Waals surface area (Å²) in [4.78, 5) is 0. The van der Waals surface area contributed by atoms with Gasteiger partial charge in [-0.2, -0.15) is 0 Å². The van der Waals surface area contributed by atoms with Crippen LogP contribution in [0.4, 0.5) is 10.1 Å². The first kappa shape index (κ1) is 13.5. The quantitative estimate of drug-likeness (QED) is 0.935. The Morgan fingerprint density at radius 2 is 1.68 bits per heavy atom. The van der Waals surface area contributed by atoms with Crippen molar-refractivity contribution in [2.75, 3.05) is 4.72 Å². The number of benzene rings is 2. The first-order chi connectivity index (χ1) is 8.96. The summed E-state index contributed by atoms with van der Waals surface area (Å²) in [5.41, 5.74) is 1.67. The molecule has 0 fully saturated rings. The summed E-state index contributed by atoms with van der Waals surface area (Å²) in [6.45, 7) is 1.91. The van der Waals surface area contributed by atoms with Gasteiger partial charge in [-0.1, -0.05) is 35.9 Å². The zero-order chi connectivity index (χ0) is 13.9. The molecule has 100 valence electrons. The third kappa shape index (κ3) is 3.79. The molecule has 2 aromatic carbocycles. The minimum Gasteiger partial charge on any atom is -0.283 e. The highest BCUT2D eigenvalue weighted by Crippen LogP contribution is 2.15. The zero-order valence-electron chi connectivity index (χ0n) is 10.4. The molecule has 0 aliphatic carbocycles. The smallest absolute Gasteiger partial charge is 0.237 e. The number of rotatable bonds is 4. The average molecular weight is 279 g/mol. The molecule has 0 unspecified atom stereocenters. The van der Waals surface area contributed by atoms with Crippen LogP contribution in [0.25, 0.3) is 0 Å². The van der Waals surface area contributed by atoms with Crippen molar-refractivity contribution in [2.45, 2.75) is 12.7 Å². The van der Waals surface area contributed by atoms with Crippen LogP contribution < -0.4 is 4.72 Å². The van der Waals surface area contributed by atoms with Crippen molar-refractivity contribution in [1.82, 2.24) is 0 Å². The second-order valence-electron chi connectivity index (χ2n) is 4.32. The molecule has 2 aromatic rings. The molecule has 0 radical (unpaired) electrons. The minimum absolute atomic E-state index is 0.155. The molecular formula is C14H14FNO2S. The summed E-state index contributed by atoms with van der Waals surface area (Å²) in [5.74, 6) is -0.898. The van der Waals surface area contributed by atoms with E-state index in [-0.39, 0.29) is 11.3 Å². The molecular weight excluding hydrogens is 265 g/mol. The van der Waals surface area contributed by atoms with E-state index in [0.29, 0.717) is 5.69 Å². The van der Waals surface area contributed by atoms with Crippen molar-refractivity contribution in [3.63, 3.8) is 0 Å². The molecule has 0 saturated carbocycles. The summed E-state index contributed by atoms with van der Waals surface area (Å²) in [7, 11) is -3.61. The SMILES string of the molecule is Cc1ccc(NS(=O)(=O)Cc2ccccc2F)cc1. The predicted molar refractivity (Wildman–Crippen MR) is 73.8 cm³/mol. The van der Waals surface area contributed by atoms with Crippen LogP contribution in [0.5, 0.6) is 0 Å². The monoisotopic (exact) mass is 279 g/mol. The van der Waals surface area contributed by atoms with Crippen molar-refractivity contribution >= 4 is 15.7 Å². The second-order valence-corrected chi connectivity index (χ2v) is 6.04. The van der Waals surface area contributed by atoms with Gasteiger partial charge in [0.15, 0.2) is 0 Å². The Hall–Kier alpha value is -1.88. The lowest BCUT2D eigenvalue weighted by Gasteiger charge is -2.08. The largest absolute Gasteiger partial charge is 0.283 e. The molecule has 3 nitrogen and oxygen atoms in total. The van der Waals surface area contributed by atoms with Crippen molar-refractivity contribution in [1.29, 1.82) is 0 Å². The summed E-state index contributed by atoms with van der Waals surface area (Å²) in [5, 5.41) is 0. The van der Waals surface area contributed by atoms with Crippen LogP contribution in [0.2, 0.25) is 0 Å². The van der Waals surface area contributed by atoms with E-state index in [4.69, 9.17) is 0 Å². The highest BCUT2D eigenvalue weighted by atomic mass is 32.2. The average Bonchev–Trinajstić information content (AvgIpc) is 2.35. The van der Waals surface area contributed by atoms with Crippen LogP contribution in [0.1, 0.15) is 11.1 Å². The van der Waals surface area contributed by atoms with Crippen LogP contribution in [0.3, 0.4) is 0 Å². The van der Waals surface area contributed by atoms with Crippen molar-refractivity contribution < 1.29 is 12.8 Å². The van der Waals surface area contributed by atoms with Crippen molar-refractivity contribution in [3.8, 4) is 0 Å². The molecule has 0 spiro atoms. The zero-order valence-corrected chi connectivity index (χ0v) is 11.2. The standard InChI is InChI=1S/C14H14FNO2S/c1-11-6-8-13(9-7-11)16-19(17,18)10-12-4-2-3-5-14(12)15/h2-9,16H,10H2,1H3. The maximum atomic E-state index is 13.4. The molecule has 2 rings (SSSR count). The molecule has 0 aromatic heterocycles. The summed E-state index contributed by atoms with van der Waals surface area (Å²) < 4.78 is 39.7. The predicted octanol–water partition coefficient (Wildman–Crippen LogP) is 3.08. The third-order valence-corrected chi connectivity index (χ3v) is 3.87. The van der Waals surface area contributed by atoms with Gasteiger partial charge in [0.05, 0.1) is 5.75 Å². The number of sulfonamides is 1. The minimum atomic E-state index is -3.61. The molecule has 0 aliphatic heterocycles. The van der Waals surface area contributed by atoms with Gasteiger partial charge in [-0.25, -0.2) is 12.8 Å². The molecule has 1 N–H and O–H groups in total. The van der Waals surface area contributed by atoms with E-state index in [1.54, 1.807) is 30.3 Å². The van der Waals surface area contributed by atoms with Crippen molar-refractivity contribution in [3.05, 3.63) is 65.5 Å². The summed E-state index contributed by atoms with van der Waals surface area (Å²) >= 11 is 0. The molecule has 5 heteroatoms. The highest BCUT2D eigenvalue weighted by molar-refractivity contribution is 7.91. The molecule has 0 heterocycles. The van der Waals surface area contributed by atoms with E-state index in [2.05, 4.69) is 4.72 Å². The first-order valence-corrected chi connectivity index (χ1v) is 7.42. The number of hydrogen-bond donors (Lipinski definition) is 1. The second kappa shape index (κ2) is 5.40.